The Morgan fingerprint density at radius 3 is 2.51 bits per heavy atom. The van der Waals surface area contributed by atoms with Crippen LogP contribution in [0.15, 0.2) is 53.3 Å². The van der Waals surface area contributed by atoms with E-state index in [-0.39, 0.29) is 29.2 Å². The minimum absolute atomic E-state index is 0.186. The summed E-state index contributed by atoms with van der Waals surface area (Å²) in [6, 6.07) is 15.6. The Bertz CT molecular complexity index is 1520. The molecule has 35 heavy (non-hydrogen) atoms. The molecular formula is C28H29N3O4. The van der Waals surface area contributed by atoms with Crippen molar-refractivity contribution in [3.8, 4) is 17.3 Å². The Morgan fingerprint density at radius 2 is 1.86 bits per heavy atom. The SMILES string of the molecule is COC(=O)c1c(O)c2c(n(Cc3ccccc3)c1=O)-c1nc3c(C)cccc3n1CC2C(C)(C)C. The monoisotopic (exact) mass is 471 g/mol. The Morgan fingerprint density at radius 1 is 1.14 bits per heavy atom. The molecule has 1 atom stereocenters. The van der Waals surface area contributed by atoms with Crippen molar-refractivity contribution < 1.29 is 14.6 Å². The fourth-order valence-electron chi connectivity index (χ4n) is 5.14. The van der Waals surface area contributed by atoms with Gasteiger partial charge in [-0.1, -0.05) is 63.2 Å². The van der Waals surface area contributed by atoms with E-state index < -0.39 is 11.5 Å². The maximum atomic E-state index is 13.8. The minimum Gasteiger partial charge on any atom is -0.506 e. The van der Waals surface area contributed by atoms with Gasteiger partial charge in [-0.05, 0) is 29.5 Å². The smallest absolute Gasteiger partial charge is 0.347 e. The molecule has 5 rings (SSSR count). The number of benzene rings is 2. The molecule has 1 aliphatic rings. The second-order valence-electron chi connectivity index (χ2n) is 10.3. The van der Waals surface area contributed by atoms with E-state index in [0.717, 1.165) is 22.2 Å². The van der Waals surface area contributed by atoms with Gasteiger partial charge in [0.2, 0.25) is 0 Å². The zero-order valence-electron chi connectivity index (χ0n) is 20.6. The lowest BCUT2D eigenvalue weighted by molar-refractivity contribution is 0.0593. The van der Waals surface area contributed by atoms with Gasteiger partial charge in [0.25, 0.3) is 5.56 Å². The van der Waals surface area contributed by atoms with Gasteiger partial charge < -0.3 is 14.4 Å². The van der Waals surface area contributed by atoms with E-state index in [9.17, 15) is 14.7 Å². The fraction of sp³-hybridized carbons (Fsp3) is 0.321. The van der Waals surface area contributed by atoms with E-state index in [1.54, 1.807) is 4.57 Å². The first-order valence-corrected chi connectivity index (χ1v) is 11.7. The largest absolute Gasteiger partial charge is 0.506 e. The quantitative estimate of drug-likeness (QED) is 0.432. The number of nitrogens with zero attached hydrogens (tertiary/aromatic N) is 3. The molecule has 4 aromatic rings. The summed E-state index contributed by atoms with van der Waals surface area (Å²) in [5.74, 6) is -0.728. The second kappa shape index (κ2) is 8.12. The second-order valence-corrected chi connectivity index (χ2v) is 10.3. The molecule has 0 spiro atoms. The molecule has 0 bridgehead atoms. The van der Waals surface area contributed by atoms with Gasteiger partial charge in [0, 0.05) is 18.0 Å². The third kappa shape index (κ3) is 3.53. The van der Waals surface area contributed by atoms with Crippen LogP contribution in [-0.2, 0) is 17.8 Å². The minimum atomic E-state index is -0.848. The number of imidazole rings is 1. The molecule has 2 aromatic carbocycles. The molecular weight excluding hydrogens is 442 g/mol. The van der Waals surface area contributed by atoms with Crippen LogP contribution in [0, 0.1) is 12.3 Å². The van der Waals surface area contributed by atoms with Gasteiger partial charge in [-0.3, -0.25) is 9.36 Å². The lowest BCUT2D eigenvalue weighted by Gasteiger charge is -2.38. The summed E-state index contributed by atoms with van der Waals surface area (Å²) >= 11 is 0. The summed E-state index contributed by atoms with van der Waals surface area (Å²) in [7, 11) is 1.21. The summed E-state index contributed by atoms with van der Waals surface area (Å²) in [5, 5.41) is 11.4. The number of pyridine rings is 1. The molecule has 0 fully saturated rings. The highest BCUT2D eigenvalue weighted by atomic mass is 16.5. The number of carbonyl (C=O) groups is 1. The van der Waals surface area contributed by atoms with Crippen molar-refractivity contribution in [3.63, 3.8) is 0 Å². The van der Waals surface area contributed by atoms with E-state index in [4.69, 9.17) is 9.72 Å². The topological polar surface area (TPSA) is 86.3 Å². The highest BCUT2D eigenvalue weighted by molar-refractivity contribution is 5.94. The zero-order valence-corrected chi connectivity index (χ0v) is 20.6. The Labute approximate surface area is 203 Å². The number of ether oxygens (including phenoxy) is 1. The van der Waals surface area contributed by atoms with Crippen molar-refractivity contribution >= 4 is 17.0 Å². The average Bonchev–Trinajstić information content (AvgIpc) is 3.21. The Kier molecular flexibility index (Phi) is 5.31. The van der Waals surface area contributed by atoms with Crippen LogP contribution >= 0.6 is 0 Å². The number of rotatable bonds is 3. The number of hydrogen-bond donors (Lipinski definition) is 1. The van der Waals surface area contributed by atoms with Gasteiger partial charge in [-0.15, -0.1) is 0 Å². The summed E-state index contributed by atoms with van der Waals surface area (Å²) in [6.45, 7) is 9.09. The molecule has 180 valence electrons. The van der Waals surface area contributed by atoms with Crippen molar-refractivity contribution in [2.45, 2.75) is 46.7 Å². The molecule has 0 amide bonds. The molecule has 0 aliphatic carbocycles. The number of aromatic hydroxyl groups is 1. The molecule has 1 aliphatic heterocycles. The number of fused-ring (bicyclic) bond motifs is 5. The molecule has 1 unspecified atom stereocenters. The van der Waals surface area contributed by atoms with Gasteiger partial charge in [0.15, 0.2) is 11.4 Å². The van der Waals surface area contributed by atoms with Crippen molar-refractivity contribution in [1.82, 2.24) is 14.1 Å². The van der Waals surface area contributed by atoms with Crippen molar-refractivity contribution in [1.29, 1.82) is 0 Å². The molecule has 0 radical (unpaired) electrons. The number of methoxy groups -OCH3 is 1. The van der Waals surface area contributed by atoms with E-state index in [1.165, 1.54) is 7.11 Å². The van der Waals surface area contributed by atoms with E-state index >= 15 is 0 Å². The first-order valence-electron chi connectivity index (χ1n) is 11.7. The van der Waals surface area contributed by atoms with Gasteiger partial charge in [-0.25, -0.2) is 9.78 Å². The number of para-hydroxylation sites is 1. The number of aromatic nitrogens is 3. The van der Waals surface area contributed by atoms with Crippen LogP contribution in [0.3, 0.4) is 0 Å². The predicted octanol–water partition coefficient (Wildman–Crippen LogP) is 4.86. The lowest BCUT2D eigenvalue weighted by Crippen LogP contribution is -2.36. The van der Waals surface area contributed by atoms with Crippen LogP contribution in [0.25, 0.3) is 22.6 Å². The summed E-state index contributed by atoms with van der Waals surface area (Å²) in [6.07, 6.45) is 0. The highest BCUT2D eigenvalue weighted by Gasteiger charge is 2.41. The first kappa shape index (κ1) is 22.9. The van der Waals surface area contributed by atoms with Crippen molar-refractivity contribution in [2.24, 2.45) is 5.41 Å². The number of esters is 1. The Hall–Kier alpha value is -3.87. The molecule has 0 saturated carbocycles. The van der Waals surface area contributed by atoms with Crippen LogP contribution in [0.4, 0.5) is 0 Å². The van der Waals surface area contributed by atoms with Crippen LogP contribution in [0.1, 0.15) is 53.7 Å². The van der Waals surface area contributed by atoms with Crippen molar-refractivity contribution in [3.05, 3.63) is 81.1 Å². The van der Waals surface area contributed by atoms with E-state index in [1.807, 2.05) is 55.5 Å². The van der Waals surface area contributed by atoms with E-state index in [2.05, 4.69) is 25.3 Å². The maximum absolute atomic E-state index is 13.8. The normalized spacial score (nSPS) is 15.1. The van der Waals surface area contributed by atoms with Crippen LogP contribution in [0.2, 0.25) is 0 Å². The molecule has 7 heteroatoms. The number of hydrogen-bond acceptors (Lipinski definition) is 5. The zero-order chi connectivity index (χ0) is 25.1. The number of carbonyl (C=O) groups excluding carboxylic acids is 1. The summed E-state index contributed by atoms with van der Waals surface area (Å²) in [5.41, 5.74) is 3.67. The maximum Gasteiger partial charge on any atom is 0.347 e. The van der Waals surface area contributed by atoms with E-state index in [0.29, 0.717) is 23.6 Å². The Balaban J connectivity index is 1.94. The molecule has 3 heterocycles. The van der Waals surface area contributed by atoms with Crippen molar-refractivity contribution in [2.75, 3.05) is 7.11 Å². The van der Waals surface area contributed by atoms with Gasteiger partial charge in [0.1, 0.15) is 5.75 Å². The molecule has 0 saturated heterocycles. The van der Waals surface area contributed by atoms with Gasteiger partial charge in [0.05, 0.1) is 30.4 Å². The summed E-state index contributed by atoms with van der Waals surface area (Å²) in [4.78, 5) is 31.5. The van der Waals surface area contributed by atoms with Crippen LogP contribution in [0.5, 0.6) is 5.75 Å². The lowest BCUT2D eigenvalue weighted by atomic mass is 9.73. The molecule has 2 aromatic heterocycles. The molecule has 1 N–H and O–H groups in total. The predicted molar refractivity (Wildman–Crippen MR) is 135 cm³/mol. The number of aryl methyl sites for hydroxylation is 1. The standard InChI is InChI=1S/C28H29N3O4/c1-16-10-9-13-19-22(16)29-25-23-20(18(15-30(19)25)28(2,3)4)24(32)21(27(34)35-5)26(33)31(23)14-17-11-7-6-8-12-17/h6-13,18,32H,14-15H2,1-5H3. The van der Waals surface area contributed by atoms with Gasteiger partial charge >= 0.3 is 5.97 Å². The van der Waals surface area contributed by atoms with Crippen LogP contribution < -0.4 is 5.56 Å². The highest BCUT2D eigenvalue weighted by Crippen LogP contribution is 2.49. The van der Waals surface area contributed by atoms with Crippen LogP contribution in [-0.4, -0.2) is 32.3 Å². The first-order chi connectivity index (χ1) is 16.6. The molecule has 7 nitrogen and oxygen atoms in total. The third-order valence-corrected chi connectivity index (χ3v) is 7.00. The fourth-order valence-corrected chi connectivity index (χ4v) is 5.14. The third-order valence-electron chi connectivity index (χ3n) is 7.00. The summed E-state index contributed by atoms with van der Waals surface area (Å²) < 4.78 is 8.62. The average molecular weight is 472 g/mol. The van der Waals surface area contributed by atoms with Gasteiger partial charge in [-0.2, -0.15) is 0 Å².